The molecule has 0 aliphatic carbocycles. The third-order valence-electron chi connectivity index (χ3n) is 1.53. The van der Waals surface area contributed by atoms with Crippen LogP contribution in [0, 0.1) is 6.92 Å². The number of pyridine rings is 1. The van der Waals surface area contributed by atoms with Crippen molar-refractivity contribution in [2.45, 2.75) is 19.8 Å². The first kappa shape index (κ1) is 10.8. The van der Waals surface area contributed by atoms with Crippen molar-refractivity contribution < 1.29 is 17.9 Å². The highest BCUT2D eigenvalue weighted by Crippen LogP contribution is 2.23. The summed E-state index contributed by atoms with van der Waals surface area (Å²) in [7, 11) is 0. The summed E-state index contributed by atoms with van der Waals surface area (Å²) in [6.45, 7) is 1.72. The second kappa shape index (κ2) is 3.83. The zero-order valence-electron chi connectivity index (χ0n) is 7.43. The minimum atomic E-state index is -4.71. The van der Waals surface area contributed by atoms with Crippen LogP contribution >= 0.6 is 0 Å². The number of hydrogen-bond acceptors (Lipinski definition) is 3. The molecule has 0 unspecified atom stereocenters. The molecular weight excluding hydrogens is 197 g/mol. The SMILES string of the molecule is Cc1cc(CN)cnc1OC(F)(F)F. The predicted octanol–water partition coefficient (Wildman–Crippen LogP) is 1.75. The Morgan fingerprint density at radius 3 is 2.57 bits per heavy atom. The van der Waals surface area contributed by atoms with E-state index in [0.717, 1.165) is 0 Å². The van der Waals surface area contributed by atoms with Gasteiger partial charge in [0.15, 0.2) is 0 Å². The minimum Gasteiger partial charge on any atom is -0.388 e. The molecule has 78 valence electrons. The number of aromatic nitrogens is 1. The molecule has 0 aromatic carbocycles. The quantitative estimate of drug-likeness (QED) is 0.801. The maximum atomic E-state index is 11.8. The molecule has 0 aliphatic rings. The molecule has 0 atom stereocenters. The first-order valence-electron chi connectivity index (χ1n) is 3.83. The topological polar surface area (TPSA) is 48.1 Å². The zero-order valence-corrected chi connectivity index (χ0v) is 7.43. The van der Waals surface area contributed by atoms with E-state index in [1.807, 2.05) is 0 Å². The molecule has 2 N–H and O–H groups in total. The van der Waals surface area contributed by atoms with E-state index in [9.17, 15) is 13.2 Å². The summed E-state index contributed by atoms with van der Waals surface area (Å²) in [5.74, 6) is -0.435. The lowest BCUT2D eigenvalue weighted by Gasteiger charge is -2.10. The number of ether oxygens (including phenoxy) is 1. The van der Waals surface area contributed by atoms with Crippen molar-refractivity contribution in [1.82, 2.24) is 4.98 Å². The molecule has 0 saturated heterocycles. The number of alkyl halides is 3. The van der Waals surface area contributed by atoms with Gasteiger partial charge in [-0.3, -0.25) is 0 Å². The molecule has 0 spiro atoms. The van der Waals surface area contributed by atoms with E-state index >= 15 is 0 Å². The van der Waals surface area contributed by atoms with Gasteiger partial charge >= 0.3 is 6.36 Å². The van der Waals surface area contributed by atoms with E-state index in [1.54, 1.807) is 0 Å². The monoisotopic (exact) mass is 206 g/mol. The van der Waals surface area contributed by atoms with Crippen LogP contribution in [-0.2, 0) is 6.54 Å². The van der Waals surface area contributed by atoms with E-state index in [4.69, 9.17) is 5.73 Å². The predicted molar refractivity (Wildman–Crippen MR) is 43.5 cm³/mol. The number of halogens is 3. The smallest absolute Gasteiger partial charge is 0.388 e. The Hall–Kier alpha value is -1.30. The third kappa shape index (κ3) is 2.88. The Balaban J connectivity index is 2.89. The lowest BCUT2D eigenvalue weighted by Crippen LogP contribution is -2.18. The molecule has 0 amide bonds. The standard InChI is InChI=1S/C8H9F3N2O/c1-5-2-6(3-12)4-13-7(5)14-8(9,10)11/h2,4H,3,12H2,1H3. The van der Waals surface area contributed by atoms with Gasteiger partial charge in [0.1, 0.15) is 0 Å². The largest absolute Gasteiger partial charge is 0.574 e. The maximum absolute atomic E-state index is 11.8. The fourth-order valence-electron chi connectivity index (χ4n) is 0.949. The van der Waals surface area contributed by atoms with Crippen LogP contribution in [0.3, 0.4) is 0 Å². The molecule has 14 heavy (non-hydrogen) atoms. The second-order valence-electron chi connectivity index (χ2n) is 2.72. The molecule has 1 heterocycles. The number of nitrogens with zero attached hydrogens (tertiary/aromatic N) is 1. The van der Waals surface area contributed by atoms with Crippen molar-refractivity contribution in [2.24, 2.45) is 5.73 Å². The lowest BCUT2D eigenvalue weighted by molar-refractivity contribution is -0.276. The van der Waals surface area contributed by atoms with Crippen LogP contribution in [0.15, 0.2) is 12.3 Å². The van der Waals surface area contributed by atoms with Crippen LogP contribution in [-0.4, -0.2) is 11.3 Å². The van der Waals surface area contributed by atoms with Crippen LogP contribution < -0.4 is 10.5 Å². The molecule has 0 aliphatic heterocycles. The summed E-state index contributed by atoms with van der Waals surface area (Å²) in [5, 5.41) is 0. The number of rotatable bonds is 2. The van der Waals surface area contributed by atoms with Gasteiger partial charge in [0, 0.05) is 18.3 Å². The zero-order chi connectivity index (χ0) is 10.8. The Bertz CT molecular complexity index is 325. The van der Waals surface area contributed by atoms with E-state index in [-0.39, 0.29) is 6.54 Å². The second-order valence-corrected chi connectivity index (χ2v) is 2.72. The van der Waals surface area contributed by atoms with Crippen molar-refractivity contribution in [2.75, 3.05) is 0 Å². The Kier molecular flexibility index (Phi) is 2.95. The average Bonchev–Trinajstić information content (AvgIpc) is 2.06. The summed E-state index contributed by atoms with van der Waals surface area (Å²) < 4.78 is 39.1. The minimum absolute atomic E-state index is 0.236. The van der Waals surface area contributed by atoms with E-state index in [0.29, 0.717) is 11.1 Å². The van der Waals surface area contributed by atoms with Crippen LogP contribution in [0.4, 0.5) is 13.2 Å². The van der Waals surface area contributed by atoms with E-state index < -0.39 is 12.2 Å². The molecule has 1 aromatic heterocycles. The lowest BCUT2D eigenvalue weighted by atomic mass is 10.2. The van der Waals surface area contributed by atoms with Crippen LogP contribution in [0.5, 0.6) is 5.88 Å². The van der Waals surface area contributed by atoms with Crippen molar-refractivity contribution in [3.8, 4) is 5.88 Å². The molecule has 0 fully saturated rings. The molecule has 0 radical (unpaired) electrons. The van der Waals surface area contributed by atoms with Gasteiger partial charge in [-0.2, -0.15) is 0 Å². The van der Waals surface area contributed by atoms with Crippen LogP contribution in [0.1, 0.15) is 11.1 Å². The van der Waals surface area contributed by atoms with Gasteiger partial charge in [-0.1, -0.05) is 0 Å². The highest BCUT2D eigenvalue weighted by atomic mass is 19.4. The van der Waals surface area contributed by atoms with Crippen molar-refractivity contribution in [3.05, 3.63) is 23.4 Å². The van der Waals surface area contributed by atoms with Crippen molar-refractivity contribution >= 4 is 0 Å². The number of nitrogens with two attached hydrogens (primary N) is 1. The van der Waals surface area contributed by atoms with Gasteiger partial charge in [-0.05, 0) is 18.6 Å². The molecular formula is C8H9F3N2O. The molecule has 3 nitrogen and oxygen atoms in total. The van der Waals surface area contributed by atoms with Gasteiger partial charge in [-0.25, -0.2) is 4.98 Å². The van der Waals surface area contributed by atoms with Crippen molar-refractivity contribution in [3.63, 3.8) is 0 Å². The maximum Gasteiger partial charge on any atom is 0.574 e. The summed E-state index contributed by atoms with van der Waals surface area (Å²) in [4.78, 5) is 3.51. The summed E-state index contributed by atoms with van der Waals surface area (Å²) in [6, 6.07) is 1.51. The number of hydrogen-bond donors (Lipinski definition) is 1. The first-order valence-corrected chi connectivity index (χ1v) is 3.83. The molecule has 1 rings (SSSR count). The average molecular weight is 206 g/mol. The molecule has 6 heteroatoms. The molecule has 0 bridgehead atoms. The van der Waals surface area contributed by atoms with Gasteiger partial charge in [-0.15, -0.1) is 13.2 Å². The Labute approximate surface area is 78.7 Å². The highest BCUT2D eigenvalue weighted by Gasteiger charge is 2.32. The summed E-state index contributed by atoms with van der Waals surface area (Å²) in [6.07, 6.45) is -3.45. The van der Waals surface area contributed by atoms with Gasteiger partial charge in [0.2, 0.25) is 5.88 Å². The first-order chi connectivity index (χ1) is 6.42. The van der Waals surface area contributed by atoms with E-state index in [1.165, 1.54) is 19.2 Å². The fraction of sp³-hybridized carbons (Fsp3) is 0.375. The highest BCUT2D eigenvalue weighted by molar-refractivity contribution is 5.28. The van der Waals surface area contributed by atoms with Gasteiger partial charge < -0.3 is 10.5 Å². The normalized spacial score (nSPS) is 11.5. The van der Waals surface area contributed by atoms with Crippen molar-refractivity contribution in [1.29, 1.82) is 0 Å². The Morgan fingerprint density at radius 1 is 1.50 bits per heavy atom. The summed E-state index contributed by atoms with van der Waals surface area (Å²) >= 11 is 0. The van der Waals surface area contributed by atoms with Gasteiger partial charge in [0.25, 0.3) is 0 Å². The molecule has 1 aromatic rings. The summed E-state index contributed by atoms with van der Waals surface area (Å²) in [5.41, 5.74) is 6.27. The third-order valence-corrected chi connectivity index (χ3v) is 1.53. The van der Waals surface area contributed by atoms with E-state index in [2.05, 4.69) is 9.72 Å². The van der Waals surface area contributed by atoms with Crippen LogP contribution in [0.2, 0.25) is 0 Å². The number of aryl methyl sites for hydroxylation is 1. The molecule has 0 saturated carbocycles. The fourth-order valence-corrected chi connectivity index (χ4v) is 0.949. The van der Waals surface area contributed by atoms with Crippen LogP contribution in [0.25, 0.3) is 0 Å². The Morgan fingerprint density at radius 2 is 2.14 bits per heavy atom. The van der Waals surface area contributed by atoms with Gasteiger partial charge in [0.05, 0.1) is 0 Å².